The van der Waals surface area contributed by atoms with Gasteiger partial charge in [-0.05, 0) is 11.5 Å². The number of imide groups is 1. The summed E-state index contributed by atoms with van der Waals surface area (Å²) in [6.45, 7) is 4.75. The van der Waals surface area contributed by atoms with Gasteiger partial charge in [0.1, 0.15) is 0 Å². The lowest BCUT2D eigenvalue weighted by atomic mass is 10.1. The number of benzene rings is 1. The summed E-state index contributed by atoms with van der Waals surface area (Å²) in [6, 6.07) is 8.69. The van der Waals surface area contributed by atoms with Crippen LogP contribution in [0.4, 0.5) is 4.79 Å². The third-order valence-corrected chi connectivity index (χ3v) is 4.10. The number of nitrogens with one attached hydrogen (secondary N) is 2. The zero-order chi connectivity index (χ0) is 18.0. The van der Waals surface area contributed by atoms with Gasteiger partial charge in [0.15, 0.2) is 12.2 Å². The molecule has 0 aromatic heterocycles. The van der Waals surface area contributed by atoms with Crippen LogP contribution < -0.4 is 10.7 Å². The molecule has 0 bridgehead atoms. The number of fused-ring (bicyclic) bond motifs is 1. The van der Waals surface area contributed by atoms with E-state index in [2.05, 4.69) is 34.7 Å². The second kappa shape index (κ2) is 6.92. The van der Waals surface area contributed by atoms with Gasteiger partial charge in [0.05, 0.1) is 6.21 Å². The monoisotopic (exact) mass is 342 g/mol. The average Bonchev–Trinajstić information content (AvgIpc) is 2.92. The van der Waals surface area contributed by atoms with E-state index >= 15 is 0 Å². The molecule has 2 aliphatic rings. The van der Waals surface area contributed by atoms with Gasteiger partial charge in [-0.3, -0.25) is 10.1 Å². The Hall–Kier alpha value is -2.90. The van der Waals surface area contributed by atoms with Crippen molar-refractivity contribution in [1.29, 1.82) is 0 Å². The van der Waals surface area contributed by atoms with Crippen molar-refractivity contribution in [3.05, 3.63) is 35.9 Å². The van der Waals surface area contributed by atoms with E-state index < -0.39 is 18.2 Å². The number of urea groups is 1. The molecular formula is C17H22N6O2. The first-order valence-corrected chi connectivity index (χ1v) is 8.23. The molecule has 2 atom stereocenters. The maximum atomic E-state index is 12.3. The number of carbonyl (C=O) groups is 2. The number of hydrogen-bond donors (Lipinski definition) is 2. The molecule has 0 spiro atoms. The molecule has 0 aliphatic carbocycles. The average molecular weight is 342 g/mol. The van der Waals surface area contributed by atoms with Crippen molar-refractivity contribution in [3.8, 4) is 0 Å². The van der Waals surface area contributed by atoms with Gasteiger partial charge < -0.3 is 9.80 Å². The molecule has 8 heteroatoms. The molecule has 0 saturated carbocycles. The molecule has 1 fully saturated rings. The Morgan fingerprint density at radius 1 is 1.32 bits per heavy atom. The largest absolute Gasteiger partial charge is 0.325 e. The zero-order valence-electron chi connectivity index (χ0n) is 14.5. The summed E-state index contributed by atoms with van der Waals surface area (Å²) in [4.78, 5) is 32.0. The molecule has 1 saturated heterocycles. The molecule has 2 aliphatic heterocycles. The summed E-state index contributed by atoms with van der Waals surface area (Å²) in [7, 11) is 1.63. The first kappa shape index (κ1) is 16.9. The lowest BCUT2D eigenvalue weighted by Crippen LogP contribution is -2.64. The summed E-state index contributed by atoms with van der Waals surface area (Å²) in [5, 5.41) is 6.60. The van der Waals surface area contributed by atoms with E-state index in [4.69, 9.17) is 0 Å². The van der Waals surface area contributed by atoms with Gasteiger partial charge in [-0.15, -0.1) is 0 Å². The molecule has 0 radical (unpaired) electrons. The Kier molecular flexibility index (Phi) is 4.69. The zero-order valence-corrected chi connectivity index (χ0v) is 14.5. The number of aliphatic imine (C=N–C) groups is 1. The second-order valence-corrected chi connectivity index (χ2v) is 6.54. The molecule has 2 heterocycles. The molecule has 1 aromatic carbocycles. The van der Waals surface area contributed by atoms with Crippen molar-refractivity contribution in [3.63, 3.8) is 0 Å². The summed E-state index contributed by atoms with van der Waals surface area (Å²) in [5.74, 6) is 0.480. The SMILES string of the molecule is CC(C)CN1C(N/N=C/c2ccccc2)=NC2C1C(=O)NC(=O)N2C. The van der Waals surface area contributed by atoms with Gasteiger partial charge in [0.25, 0.3) is 5.91 Å². The van der Waals surface area contributed by atoms with Crippen molar-refractivity contribution < 1.29 is 9.59 Å². The Labute approximate surface area is 146 Å². The quantitative estimate of drug-likeness (QED) is 0.626. The van der Waals surface area contributed by atoms with Crippen LogP contribution in [0.5, 0.6) is 0 Å². The lowest BCUT2D eigenvalue weighted by molar-refractivity contribution is -0.127. The standard InChI is InChI=1S/C17H22N6O2/c1-11(2)10-23-13-14(22(3)17(25)20-15(13)24)19-16(23)21-18-9-12-7-5-4-6-8-12/h4-9,11,13-14H,10H2,1-3H3,(H,19,21)(H,20,24,25)/b18-9+. The Morgan fingerprint density at radius 3 is 2.72 bits per heavy atom. The van der Waals surface area contributed by atoms with E-state index in [0.717, 1.165) is 5.56 Å². The first-order valence-electron chi connectivity index (χ1n) is 8.23. The molecule has 2 N–H and O–H groups in total. The minimum absolute atomic E-state index is 0.319. The highest BCUT2D eigenvalue weighted by Crippen LogP contribution is 2.24. The summed E-state index contributed by atoms with van der Waals surface area (Å²) >= 11 is 0. The maximum Gasteiger partial charge on any atom is 0.325 e. The third kappa shape index (κ3) is 3.47. The predicted molar refractivity (Wildman–Crippen MR) is 95.0 cm³/mol. The maximum absolute atomic E-state index is 12.3. The number of hydrogen-bond acceptors (Lipinski definition) is 6. The highest BCUT2D eigenvalue weighted by atomic mass is 16.2. The van der Waals surface area contributed by atoms with E-state index in [1.165, 1.54) is 4.90 Å². The van der Waals surface area contributed by atoms with Crippen LogP contribution in [0.2, 0.25) is 0 Å². The molecule has 8 nitrogen and oxygen atoms in total. The van der Waals surface area contributed by atoms with Crippen LogP contribution in [0, 0.1) is 5.92 Å². The minimum atomic E-state index is -0.547. The Bertz CT molecular complexity index is 715. The van der Waals surface area contributed by atoms with Crippen LogP contribution in [0.3, 0.4) is 0 Å². The van der Waals surface area contributed by atoms with E-state index in [1.54, 1.807) is 13.3 Å². The van der Waals surface area contributed by atoms with Crippen molar-refractivity contribution in [1.82, 2.24) is 20.5 Å². The summed E-state index contributed by atoms with van der Waals surface area (Å²) < 4.78 is 0. The molecule has 1 aromatic rings. The smallest absolute Gasteiger partial charge is 0.325 e. The van der Waals surface area contributed by atoms with E-state index in [-0.39, 0.29) is 5.91 Å². The van der Waals surface area contributed by atoms with Crippen molar-refractivity contribution in [2.45, 2.75) is 26.1 Å². The molecular weight excluding hydrogens is 320 g/mol. The first-order chi connectivity index (χ1) is 12.0. The summed E-state index contributed by atoms with van der Waals surface area (Å²) in [5.41, 5.74) is 3.88. The highest BCUT2D eigenvalue weighted by molar-refractivity contribution is 6.03. The molecule has 25 heavy (non-hydrogen) atoms. The Balaban J connectivity index is 1.81. The number of nitrogens with zero attached hydrogens (tertiary/aromatic N) is 4. The summed E-state index contributed by atoms with van der Waals surface area (Å²) in [6.07, 6.45) is 1.14. The number of amides is 3. The van der Waals surface area contributed by atoms with E-state index in [1.807, 2.05) is 35.2 Å². The molecule has 3 rings (SSSR count). The molecule has 3 amide bonds. The molecule has 2 unspecified atom stereocenters. The van der Waals surface area contributed by atoms with Gasteiger partial charge in [-0.25, -0.2) is 15.2 Å². The van der Waals surface area contributed by atoms with Crippen LogP contribution in [-0.4, -0.2) is 59.7 Å². The fraction of sp³-hybridized carbons (Fsp3) is 0.412. The van der Waals surface area contributed by atoms with E-state index in [9.17, 15) is 9.59 Å². The topological polar surface area (TPSA) is 89.4 Å². The van der Waals surface area contributed by atoms with Crippen LogP contribution in [-0.2, 0) is 4.79 Å². The van der Waals surface area contributed by atoms with Gasteiger partial charge in [-0.2, -0.15) is 5.10 Å². The minimum Gasteiger partial charge on any atom is -0.325 e. The third-order valence-electron chi connectivity index (χ3n) is 4.10. The number of guanidine groups is 1. The van der Waals surface area contributed by atoms with Gasteiger partial charge in [-0.1, -0.05) is 44.2 Å². The number of likely N-dealkylation sites (N-methyl/N-ethyl adjacent to an activating group) is 1. The highest BCUT2D eigenvalue weighted by Gasteiger charge is 2.48. The Morgan fingerprint density at radius 2 is 2.04 bits per heavy atom. The fourth-order valence-electron chi connectivity index (χ4n) is 2.92. The van der Waals surface area contributed by atoms with Crippen LogP contribution in [0.1, 0.15) is 19.4 Å². The predicted octanol–water partition coefficient (Wildman–Crippen LogP) is 0.814. The van der Waals surface area contributed by atoms with Crippen LogP contribution in [0.15, 0.2) is 40.4 Å². The van der Waals surface area contributed by atoms with Crippen molar-refractivity contribution in [2.75, 3.05) is 13.6 Å². The van der Waals surface area contributed by atoms with Crippen molar-refractivity contribution in [2.24, 2.45) is 16.0 Å². The van der Waals surface area contributed by atoms with Crippen molar-refractivity contribution >= 4 is 24.1 Å². The number of rotatable bonds is 4. The number of carbonyl (C=O) groups excluding carboxylic acids is 2. The van der Waals surface area contributed by atoms with Crippen LogP contribution in [0.25, 0.3) is 0 Å². The van der Waals surface area contributed by atoms with Gasteiger partial charge in [0.2, 0.25) is 5.96 Å². The second-order valence-electron chi connectivity index (χ2n) is 6.54. The molecule has 132 valence electrons. The van der Waals surface area contributed by atoms with Gasteiger partial charge >= 0.3 is 6.03 Å². The normalized spacial score (nSPS) is 23.1. The fourth-order valence-corrected chi connectivity index (χ4v) is 2.92. The van der Waals surface area contributed by atoms with E-state index in [0.29, 0.717) is 18.4 Å². The van der Waals surface area contributed by atoms with Gasteiger partial charge in [0, 0.05) is 13.6 Å². The number of hydrazone groups is 1. The van der Waals surface area contributed by atoms with Crippen LogP contribution >= 0.6 is 0 Å². The lowest BCUT2D eigenvalue weighted by Gasteiger charge is -2.36.